The van der Waals surface area contributed by atoms with Gasteiger partial charge in [-0.05, 0) is 12.8 Å². The number of aromatic nitrogens is 2. The van der Waals surface area contributed by atoms with Crippen LogP contribution in [0.25, 0.3) is 0 Å². The first-order chi connectivity index (χ1) is 8.80. The lowest BCUT2D eigenvalue weighted by atomic mass is 10.1. The van der Waals surface area contributed by atoms with Crippen LogP contribution in [0.2, 0.25) is 0 Å². The van der Waals surface area contributed by atoms with E-state index in [1.807, 2.05) is 0 Å². The molecule has 1 atom stereocenters. The first-order valence-electron chi connectivity index (χ1n) is 6.71. The van der Waals surface area contributed by atoms with Crippen LogP contribution >= 0.6 is 0 Å². The molecule has 0 aliphatic heterocycles. The highest BCUT2D eigenvalue weighted by Gasteiger charge is 2.07. The second-order valence-electron chi connectivity index (χ2n) is 4.31. The molecule has 3 N–H and O–H groups in total. The maximum atomic E-state index is 5.74. The van der Waals surface area contributed by atoms with Crippen molar-refractivity contribution in [2.24, 2.45) is 5.73 Å². The van der Waals surface area contributed by atoms with E-state index in [-0.39, 0.29) is 6.04 Å². The SMILES string of the molecule is CCCCC(CN)Nc1cncc(OCCC)n1. The van der Waals surface area contributed by atoms with Crippen LogP contribution in [0.1, 0.15) is 39.5 Å². The molecule has 5 nitrogen and oxygen atoms in total. The standard InChI is InChI=1S/C13H24N4O/c1-3-5-6-11(8-14)16-12-9-15-10-13(17-12)18-7-4-2/h9-11H,3-8,14H2,1-2H3,(H,16,17). The summed E-state index contributed by atoms with van der Waals surface area (Å²) in [6.07, 6.45) is 7.67. The Kier molecular flexibility index (Phi) is 7.10. The van der Waals surface area contributed by atoms with E-state index in [0.717, 1.165) is 25.1 Å². The van der Waals surface area contributed by atoms with E-state index in [2.05, 4.69) is 29.1 Å². The molecule has 0 spiro atoms. The number of rotatable bonds is 9. The zero-order valence-electron chi connectivity index (χ0n) is 11.4. The van der Waals surface area contributed by atoms with Crippen molar-refractivity contribution >= 4 is 5.82 Å². The average molecular weight is 252 g/mol. The molecule has 1 heterocycles. The zero-order valence-corrected chi connectivity index (χ0v) is 11.4. The van der Waals surface area contributed by atoms with E-state index in [0.29, 0.717) is 19.0 Å². The molecular weight excluding hydrogens is 228 g/mol. The fourth-order valence-electron chi connectivity index (χ4n) is 1.60. The van der Waals surface area contributed by atoms with Gasteiger partial charge in [-0.1, -0.05) is 26.7 Å². The van der Waals surface area contributed by atoms with Gasteiger partial charge in [0.2, 0.25) is 5.88 Å². The van der Waals surface area contributed by atoms with Gasteiger partial charge in [-0.15, -0.1) is 0 Å². The quantitative estimate of drug-likeness (QED) is 0.705. The fourth-order valence-corrected chi connectivity index (χ4v) is 1.60. The molecule has 0 amide bonds. The molecule has 0 aromatic carbocycles. The highest BCUT2D eigenvalue weighted by atomic mass is 16.5. The van der Waals surface area contributed by atoms with Crippen molar-refractivity contribution < 1.29 is 4.74 Å². The fraction of sp³-hybridized carbons (Fsp3) is 0.692. The van der Waals surface area contributed by atoms with Crippen LogP contribution in [-0.2, 0) is 0 Å². The summed E-state index contributed by atoms with van der Waals surface area (Å²) < 4.78 is 5.45. The minimum Gasteiger partial charge on any atom is -0.477 e. The third-order valence-electron chi connectivity index (χ3n) is 2.61. The molecule has 18 heavy (non-hydrogen) atoms. The maximum absolute atomic E-state index is 5.74. The van der Waals surface area contributed by atoms with Gasteiger partial charge in [0.05, 0.1) is 19.0 Å². The van der Waals surface area contributed by atoms with Crippen LogP contribution in [0.15, 0.2) is 12.4 Å². The highest BCUT2D eigenvalue weighted by Crippen LogP contribution is 2.12. The van der Waals surface area contributed by atoms with Gasteiger partial charge in [0.1, 0.15) is 5.82 Å². The Morgan fingerprint density at radius 1 is 1.33 bits per heavy atom. The van der Waals surface area contributed by atoms with Gasteiger partial charge in [0, 0.05) is 12.6 Å². The predicted molar refractivity (Wildman–Crippen MR) is 73.8 cm³/mol. The first kappa shape index (κ1) is 14.7. The lowest BCUT2D eigenvalue weighted by molar-refractivity contribution is 0.304. The van der Waals surface area contributed by atoms with E-state index in [1.165, 1.54) is 6.42 Å². The van der Waals surface area contributed by atoms with Crippen molar-refractivity contribution in [1.82, 2.24) is 9.97 Å². The van der Waals surface area contributed by atoms with Crippen molar-refractivity contribution in [1.29, 1.82) is 0 Å². The largest absolute Gasteiger partial charge is 0.477 e. The van der Waals surface area contributed by atoms with Crippen LogP contribution in [0.3, 0.4) is 0 Å². The lowest BCUT2D eigenvalue weighted by Crippen LogP contribution is -2.29. The summed E-state index contributed by atoms with van der Waals surface area (Å²) >= 11 is 0. The molecule has 0 bridgehead atoms. The highest BCUT2D eigenvalue weighted by molar-refractivity contribution is 5.34. The van der Waals surface area contributed by atoms with E-state index in [4.69, 9.17) is 10.5 Å². The van der Waals surface area contributed by atoms with Gasteiger partial charge in [0.25, 0.3) is 0 Å². The number of hydrogen-bond donors (Lipinski definition) is 2. The summed E-state index contributed by atoms with van der Waals surface area (Å²) in [5.74, 6) is 1.29. The van der Waals surface area contributed by atoms with Gasteiger partial charge in [-0.3, -0.25) is 4.98 Å². The van der Waals surface area contributed by atoms with Crippen molar-refractivity contribution in [3.8, 4) is 5.88 Å². The molecule has 102 valence electrons. The second-order valence-corrected chi connectivity index (χ2v) is 4.31. The molecule has 0 saturated carbocycles. The number of nitrogens with one attached hydrogen (secondary N) is 1. The van der Waals surface area contributed by atoms with Gasteiger partial charge >= 0.3 is 0 Å². The Balaban J connectivity index is 2.53. The number of unbranched alkanes of at least 4 members (excludes halogenated alkanes) is 1. The number of anilines is 1. The summed E-state index contributed by atoms with van der Waals surface area (Å²) in [5.41, 5.74) is 5.74. The van der Waals surface area contributed by atoms with Crippen molar-refractivity contribution in [2.75, 3.05) is 18.5 Å². The third-order valence-corrected chi connectivity index (χ3v) is 2.61. The summed E-state index contributed by atoms with van der Waals surface area (Å²) in [6, 6.07) is 0.251. The molecule has 0 aliphatic rings. The molecule has 0 aliphatic carbocycles. The Morgan fingerprint density at radius 3 is 2.83 bits per heavy atom. The average Bonchev–Trinajstić information content (AvgIpc) is 2.41. The molecule has 1 aromatic rings. The molecule has 0 fully saturated rings. The monoisotopic (exact) mass is 252 g/mol. The molecule has 0 radical (unpaired) electrons. The van der Waals surface area contributed by atoms with Crippen molar-refractivity contribution in [2.45, 2.75) is 45.6 Å². The van der Waals surface area contributed by atoms with Crippen molar-refractivity contribution in [3.05, 3.63) is 12.4 Å². The van der Waals surface area contributed by atoms with E-state index in [1.54, 1.807) is 12.4 Å². The minimum absolute atomic E-state index is 0.251. The van der Waals surface area contributed by atoms with Gasteiger partial charge in [-0.25, -0.2) is 0 Å². The summed E-state index contributed by atoms with van der Waals surface area (Å²) in [6.45, 7) is 5.49. The molecular formula is C13H24N4O. The second kappa shape index (κ2) is 8.69. The normalized spacial score (nSPS) is 12.2. The summed E-state index contributed by atoms with van der Waals surface area (Å²) in [7, 11) is 0. The molecule has 1 aromatic heterocycles. The van der Waals surface area contributed by atoms with E-state index >= 15 is 0 Å². The van der Waals surface area contributed by atoms with E-state index in [9.17, 15) is 0 Å². The van der Waals surface area contributed by atoms with Crippen LogP contribution < -0.4 is 15.8 Å². The smallest absolute Gasteiger partial charge is 0.234 e. The zero-order chi connectivity index (χ0) is 13.2. The molecule has 1 unspecified atom stereocenters. The number of nitrogens with zero attached hydrogens (tertiary/aromatic N) is 2. The molecule has 5 heteroatoms. The Labute approximate surface area is 109 Å². The van der Waals surface area contributed by atoms with Crippen molar-refractivity contribution in [3.63, 3.8) is 0 Å². The first-order valence-corrected chi connectivity index (χ1v) is 6.71. The number of nitrogens with two attached hydrogens (primary N) is 1. The van der Waals surface area contributed by atoms with Crippen LogP contribution in [0.4, 0.5) is 5.82 Å². The third kappa shape index (κ3) is 5.31. The number of hydrogen-bond acceptors (Lipinski definition) is 5. The lowest BCUT2D eigenvalue weighted by Gasteiger charge is -2.17. The molecule has 0 saturated heterocycles. The number of ether oxygens (including phenoxy) is 1. The van der Waals surface area contributed by atoms with Gasteiger partial charge in [0.15, 0.2) is 0 Å². The molecule has 1 rings (SSSR count). The summed E-state index contributed by atoms with van der Waals surface area (Å²) in [5, 5.41) is 3.30. The van der Waals surface area contributed by atoms with Crippen LogP contribution in [0, 0.1) is 0 Å². The van der Waals surface area contributed by atoms with Crippen LogP contribution in [-0.4, -0.2) is 29.2 Å². The predicted octanol–water partition coefficient (Wildman–Crippen LogP) is 2.19. The van der Waals surface area contributed by atoms with Gasteiger partial charge in [-0.2, -0.15) is 4.98 Å². The summed E-state index contributed by atoms with van der Waals surface area (Å²) in [4.78, 5) is 8.47. The minimum atomic E-state index is 0.251. The topological polar surface area (TPSA) is 73.1 Å². The maximum Gasteiger partial charge on any atom is 0.234 e. The van der Waals surface area contributed by atoms with E-state index < -0.39 is 0 Å². The van der Waals surface area contributed by atoms with Gasteiger partial charge < -0.3 is 15.8 Å². The van der Waals surface area contributed by atoms with Crippen LogP contribution in [0.5, 0.6) is 5.88 Å². The Hall–Kier alpha value is -1.36. The Bertz CT molecular complexity index is 333. The Morgan fingerprint density at radius 2 is 2.17 bits per heavy atom.